The Morgan fingerprint density at radius 1 is 0.489 bits per heavy atom. The molecule has 45 heavy (non-hydrogen) atoms. The van der Waals surface area contributed by atoms with Crippen LogP contribution in [0.15, 0.2) is 133 Å². The van der Waals surface area contributed by atoms with Crippen molar-refractivity contribution in [3.8, 4) is 17.1 Å². The number of hydrogen-bond acceptors (Lipinski definition) is 0. The molecule has 1 aliphatic rings. The van der Waals surface area contributed by atoms with Crippen LogP contribution in [0, 0.1) is 12.1 Å². The predicted octanol–water partition coefficient (Wildman–Crippen LogP) is 10.4. The van der Waals surface area contributed by atoms with Crippen LogP contribution in [0.5, 0.6) is 0 Å². The molecule has 0 aliphatic heterocycles. The number of benzene rings is 5. The minimum atomic E-state index is 1.08. The topological polar surface area (TPSA) is 14.8 Å². The monoisotopic (exact) mass is 573 g/mol. The quantitative estimate of drug-likeness (QED) is 0.200. The number of nitrogens with zero attached hydrogens (tertiary/aromatic N) is 3. The van der Waals surface area contributed by atoms with E-state index in [0.29, 0.717) is 0 Å². The van der Waals surface area contributed by atoms with Crippen molar-refractivity contribution in [1.82, 2.24) is 13.7 Å². The molecular formula is C42H27N3. The van der Waals surface area contributed by atoms with Gasteiger partial charge in [-0.3, -0.25) is 0 Å². The van der Waals surface area contributed by atoms with E-state index in [2.05, 4.69) is 159 Å². The molecule has 9 aromatic rings. The van der Waals surface area contributed by atoms with Crippen LogP contribution in [0.25, 0.3) is 77.7 Å². The number of rotatable bonds is 3. The molecule has 3 heterocycles. The fourth-order valence-corrected chi connectivity index (χ4v) is 7.68. The largest absolute Gasteiger partial charge is 0.310 e. The van der Waals surface area contributed by atoms with Gasteiger partial charge in [0.05, 0.1) is 33.0 Å². The van der Waals surface area contributed by atoms with E-state index in [1.807, 2.05) is 6.07 Å². The summed E-state index contributed by atoms with van der Waals surface area (Å²) in [6.07, 6.45) is 6.77. The summed E-state index contributed by atoms with van der Waals surface area (Å²) in [7, 11) is 0. The van der Waals surface area contributed by atoms with E-state index in [-0.39, 0.29) is 0 Å². The second-order valence-corrected chi connectivity index (χ2v) is 11.9. The van der Waals surface area contributed by atoms with Crippen LogP contribution in [0.3, 0.4) is 0 Å². The predicted molar refractivity (Wildman–Crippen MR) is 187 cm³/mol. The molecule has 0 radical (unpaired) electrons. The summed E-state index contributed by atoms with van der Waals surface area (Å²) in [4.78, 5) is 0. The van der Waals surface area contributed by atoms with Crippen molar-refractivity contribution >= 4 is 60.6 Å². The number of hydrogen-bond donors (Lipinski definition) is 0. The second-order valence-electron chi connectivity index (χ2n) is 11.9. The number of aromatic nitrogens is 3. The number of fused-ring (bicyclic) bond motifs is 9. The highest BCUT2D eigenvalue weighted by atomic mass is 15.0. The van der Waals surface area contributed by atoms with Gasteiger partial charge in [0.15, 0.2) is 0 Å². The molecule has 0 saturated heterocycles. The van der Waals surface area contributed by atoms with Gasteiger partial charge in [-0.05, 0) is 91.2 Å². The van der Waals surface area contributed by atoms with E-state index in [9.17, 15) is 0 Å². The number of aryl methyl sites for hydroxylation is 1. The van der Waals surface area contributed by atoms with Gasteiger partial charge in [0, 0.05) is 44.3 Å². The average molecular weight is 574 g/mol. The van der Waals surface area contributed by atoms with Crippen molar-refractivity contribution < 1.29 is 0 Å². The smallest absolute Gasteiger partial charge is 0.0631 e. The number of para-hydroxylation sites is 3. The summed E-state index contributed by atoms with van der Waals surface area (Å²) in [5, 5.41) is 6.12. The third-order valence-electron chi connectivity index (χ3n) is 9.55. The lowest BCUT2D eigenvalue weighted by Crippen LogP contribution is -2.02. The van der Waals surface area contributed by atoms with Crippen molar-refractivity contribution in [3.63, 3.8) is 0 Å². The first-order chi connectivity index (χ1) is 22.3. The maximum Gasteiger partial charge on any atom is 0.0631 e. The van der Waals surface area contributed by atoms with Gasteiger partial charge in [0.25, 0.3) is 0 Å². The van der Waals surface area contributed by atoms with Crippen LogP contribution in [0.2, 0.25) is 0 Å². The Bertz CT molecular complexity index is 2600. The summed E-state index contributed by atoms with van der Waals surface area (Å²) < 4.78 is 7.19. The van der Waals surface area contributed by atoms with Gasteiger partial charge in [-0.2, -0.15) is 0 Å². The Kier molecular flexibility index (Phi) is 5.03. The molecule has 0 atom stereocenters. The molecule has 1 aliphatic carbocycles. The summed E-state index contributed by atoms with van der Waals surface area (Å²) in [6.45, 7) is 0. The Labute approximate surface area is 260 Å². The third kappa shape index (κ3) is 3.42. The molecule has 210 valence electrons. The Balaban J connectivity index is 1.21. The molecule has 0 amide bonds. The van der Waals surface area contributed by atoms with Gasteiger partial charge >= 0.3 is 0 Å². The normalized spacial score (nSPS) is 12.9. The maximum atomic E-state index is 3.47. The lowest BCUT2D eigenvalue weighted by molar-refractivity contribution is 0.966. The molecule has 0 unspecified atom stereocenters. The minimum Gasteiger partial charge on any atom is -0.310 e. The van der Waals surface area contributed by atoms with Gasteiger partial charge in [-0.15, -0.1) is 0 Å². The van der Waals surface area contributed by atoms with Gasteiger partial charge in [-0.1, -0.05) is 78.9 Å². The zero-order valence-electron chi connectivity index (χ0n) is 24.5. The molecule has 3 heteroatoms. The van der Waals surface area contributed by atoms with E-state index in [1.165, 1.54) is 55.0 Å². The van der Waals surface area contributed by atoms with Crippen LogP contribution < -0.4 is 0 Å². The first-order valence-corrected chi connectivity index (χ1v) is 15.6. The van der Waals surface area contributed by atoms with Crippen molar-refractivity contribution in [2.45, 2.75) is 12.8 Å². The molecule has 0 saturated carbocycles. The number of allylic oxidation sites excluding steroid dienone is 1. The molecule has 0 fully saturated rings. The van der Waals surface area contributed by atoms with Crippen LogP contribution in [-0.2, 0) is 6.42 Å². The maximum absolute atomic E-state index is 3.47. The fourth-order valence-electron chi connectivity index (χ4n) is 7.68. The molecule has 0 N–H and O–H groups in total. The first kappa shape index (κ1) is 24.5. The van der Waals surface area contributed by atoms with Gasteiger partial charge in [0.1, 0.15) is 0 Å². The molecular weight excluding hydrogens is 546 g/mol. The molecule has 3 aromatic heterocycles. The summed E-state index contributed by atoms with van der Waals surface area (Å²) >= 11 is 0. The average Bonchev–Trinajstić information content (AvgIpc) is 3.74. The highest BCUT2D eigenvalue weighted by Gasteiger charge is 2.20. The van der Waals surface area contributed by atoms with E-state index in [0.717, 1.165) is 40.6 Å². The molecule has 0 spiro atoms. The van der Waals surface area contributed by atoms with E-state index in [1.54, 1.807) is 0 Å². The van der Waals surface area contributed by atoms with Crippen LogP contribution in [-0.4, -0.2) is 13.7 Å². The van der Waals surface area contributed by atoms with Crippen molar-refractivity contribution in [1.29, 1.82) is 0 Å². The Morgan fingerprint density at radius 2 is 1.11 bits per heavy atom. The van der Waals surface area contributed by atoms with Crippen molar-refractivity contribution in [3.05, 3.63) is 157 Å². The SMILES string of the molecule is c1ccc2c(c#1)c1cc(-n3c4ccccc4c4ccccc43)ccc1n2-c1cccc(-n2c3c(c4ccccc42)CCC=C3)c1. The van der Waals surface area contributed by atoms with Gasteiger partial charge in [-0.25, -0.2) is 0 Å². The zero-order chi connectivity index (χ0) is 29.5. The van der Waals surface area contributed by atoms with E-state index in [4.69, 9.17) is 0 Å². The first-order valence-electron chi connectivity index (χ1n) is 15.6. The Morgan fingerprint density at radius 3 is 1.89 bits per heavy atom. The molecule has 0 bridgehead atoms. The van der Waals surface area contributed by atoms with E-state index >= 15 is 0 Å². The molecule has 6 aromatic carbocycles. The minimum absolute atomic E-state index is 1.08. The van der Waals surface area contributed by atoms with Crippen molar-refractivity contribution in [2.24, 2.45) is 0 Å². The van der Waals surface area contributed by atoms with Crippen LogP contribution in [0.1, 0.15) is 17.7 Å². The summed E-state index contributed by atoms with van der Waals surface area (Å²) in [5.41, 5.74) is 12.1. The molecule has 3 nitrogen and oxygen atoms in total. The highest BCUT2D eigenvalue weighted by molar-refractivity contribution is 6.11. The van der Waals surface area contributed by atoms with Gasteiger partial charge < -0.3 is 13.7 Å². The summed E-state index contributed by atoms with van der Waals surface area (Å²) in [5.74, 6) is 0. The lowest BCUT2D eigenvalue weighted by Gasteiger charge is -2.15. The lowest BCUT2D eigenvalue weighted by atomic mass is 10.0. The molecule has 10 rings (SSSR count). The standard InChI is InChI=1S/C42H27N3/c1-6-19-37-31(14-1)32-15-2-7-20-38(32)43(37)28-12-11-13-29(26-28)44-41-23-10-5-18-35(41)36-27-30(24-25-42(36)44)45-39-21-8-3-16-33(39)34-17-4-9-22-40(34)45/h1,3-4,6-14,16-17,19-27H,2,15H2. The zero-order valence-corrected chi connectivity index (χ0v) is 24.5. The van der Waals surface area contributed by atoms with Crippen LogP contribution in [0.4, 0.5) is 0 Å². The highest BCUT2D eigenvalue weighted by Crippen LogP contribution is 2.38. The third-order valence-corrected chi connectivity index (χ3v) is 9.55. The summed E-state index contributed by atoms with van der Waals surface area (Å²) in [6, 6.07) is 52.8. The van der Waals surface area contributed by atoms with E-state index < -0.39 is 0 Å². The van der Waals surface area contributed by atoms with Gasteiger partial charge in [0.2, 0.25) is 0 Å². The van der Waals surface area contributed by atoms with Crippen LogP contribution >= 0.6 is 0 Å². The second kappa shape index (κ2) is 9.26. The fraction of sp³-hybridized carbons (Fsp3) is 0.0476. The Hall–Kier alpha value is -5.98. The van der Waals surface area contributed by atoms with Crippen molar-refractivity contribution in [2.75, 3.05) is 0 Å².